The Kier molecular flexibility index (Phi) is 4.79. The van der Waals surface area contributed by atoms with Crippen LogP contribution in [0.4, 0.5) is 10.2 Å². The van der Waals surface area contributed by atoms with Crippen LogP contribution in [0, 0.1) is 11.7 Å². The van der Waals surface area contributed by atoms with Crippen LogP contribution in [-0.2, 0) is 9.53 Å². The average Bonchev–Trinajstić information content (AvgIpc) is 3.18. The second-order valence-corrected chi connectivity index (χ2v) is 6.59. The van der Waals surface area contributed by atoms with Crippen LogP contribution in [0.2, 0.25) is 0 Å². The molecule has 2 aliphatic heterocycles. The Morgan fingerprint density at radius 1 is 1.15 bits per heavy atom. The zero-order valence-corrected chi connectivity index (χ0v) is 14.4. The Morgan fingerprint density at radius 2 is 1.96 bits per heavy atom. The van der Waals surface area contributed by atoms with E-state index in [-0.39, 0.29) is 23.7 Å². The zero-order valence-electron chi connectivity index (χ0n) is 14.4. The Labute approximate surface area is 151 Å². The molecule has 2 aliphatic rings. The summed E-state index contributed by atoms with van der Waals surface area (Å²) in [6.07, 6.45) is 5.55. The molecule has 0 bridgehead atoms. The summed E-state index contributed by atoms with van der Waals surface area (Å²) in [7, 11) is 0. The Bertz CT molecular complexity index is 765. The van der Waals surface area contributed by atoms with Gasteiger partial charge >= 0.3 is 0 Å². The van der Waals surface area contributed by atoms with Gasteiger partial charge in [-0.2, -0.15) is 0 Å². The number of pyridine rings is 2. The first-order chi connectivity index (χ1) is 12.7. The number of aromatic nitrogens is 2. The fraction of sp³-hybridized carbons (Fsp3) is 0.421. The monoisotopic (exact) mass is 356 g/mol. The van der Waals surface area contributed by atoms with E-state index in [1.54, 1.807) is 24.7 Å². The van der Waals surface area contributed by atoms with E-state index in [9.17, 15) is 9.18 Å². The molecular formula is C19H21FN4O2. The Balaban J connectivity index is 1.41. The summed E-state index contributed by atoms with van der Waals surface area (Å²) in [4.78, 5) is 25.0. The maximum atomic E-state index is 13.9. The van der Waals surface area contributed by atoms with Crippen LogP contribution >= 0.6 is 0 Å². The molecule has 0 aromatic carbocycles. The first kappa shape index (κ1) is 16.9. The van der Waals surface area contributed by atoms with Gasteiger partial charge in [-0.25, -0.2) is 9.37 Å². The van der Waals surface area contributed by atoms with Crippen molar-refractivity contribution in [1.82, 2.24) is 14.9 Å². The molecule has 4 rings (SSSR count). The molecule has 7 heteroatoms. The Morgan fingerprint density at radius 3 is 2.69 bits per heavy atom. The number of carbonyl (C=O) groups is 1. The largest absolute Gasteiger partial charge is 0.373 e. The third kappa shape index (κ3) is 3.26. The number of hydrogen-bond acceptors (Lipinski definition) is 5. The minimum Gasteiger partial charge on any atom is -0.373 e. The van der Waals surface area contributed by atoms with E-state index < -0.39 is 0 Å². The van der Waals surface area contributed by atoms with Gasteiger partial charge in [0.15, 0.2) is 11.6 Å². The fourth-order valence-corrected chi connectivity index (χ4v) is 3.70. The molecule has 4 heterocycles. The number of amides is 1. The van der Waals surface area contributed by atoms with E-state index in [1.165, 1.54) is 6.07 Å². The second kappa shape index (κ2) is 7.37. The molecule has 0 N–H and O–H groups in total. The maximum absolute atomic E-state index is 13.9. The number of anilines is 1. The standard InChI is InChI=1S/C19H21FN4O2/c20-16-4-2-7-22-18(16)23-8-10-24(11-9-23)19(25)15-5-12-26-17(15)14-3-1-6-21-13-14/h1-4,6-7,13,15,17H,5,8-12H2/t15-,17+/m0/s1. The van der Waals surface area contributed by atoms with Crippen LogP contribution in [0.3, 0.4) is 0 Å². The van der Waals surface area contributed by atoms with Crippen LogP contribution < -0.4 is 4.90 Å². The normalized spacial score (nSPS) is 23.3. The van der Waals surface area contributed by atoms with Gasteiger partial charge in [-0.15, -0.1) is 0 Å². The number of rotatable bonds is 3. The van der Waals surface area contributed by atoms with Crippen LogP contribution in [0.1, 0.15) is 18.1 Å². The summed E-state index contributed by atoms with van der Waals surface area (Å²) >= 11 is 0. The van der Waals surface area contributed by atoms with E-state index in [4.69, 9.17) is 4.74 Å². The van der Waals surface area contributed by atoms with Crippen molar-refractivity contribution in [2.45, 2.75) is 12.5 Å². The summed E-state index contributed by atoms with van der Waals surface area (Å²) in [5, 5.41) is 0. The highest BCUT2D eigenvalue weighted by Crippen LogP contribution is 2.35. The molecule has 2 saturated heterocycles. The van der Waals surface area contributed by atoms with Gasteiger partial charge in [0.1, 0.15) is 0 Å². The van der Waals surface area contributed by atoms with E-state index in [2.05, 4.69) is 9.97 Å². The minimum absolute atomic E-state index is 0.109. The van der Waals surface area contributed by atoms with Crippen molar-refractivity contribution >= 4 is 11.7 Å². The van der Waals surface area contributed by atoms with Crippen molar-refractivity contribution < 1.29 is 13.9 Å². The van der Waals surface area contributed by atoms with Gasteiger partial charge in [0.25, 0.3) is 0 Å². The quantitative estimate of drug-likeness (QED) is 0.842. The predicted molar refractivity (Wildman–Crippen MR) is 94.0 cm³/mol. The minimum atomic E-state index is -0.326. The molecule has 2 atom stereocenters. The van der Waals surface area contributed by atoms with Crippen molar-refractivity contribution in [3.05, 3.63) is 54.2 Å². The summed E-state index contributed by atoms with van der Waals surface area (Å²) in [6.45, 7) is 2.85. The van der Waals surface area contributed by atoms with Gasteiger partial charge in [-0.3, -0.25) is 9.78 Å². The topological polar surface area (TPSA) is 58.6 Å². The summed E-state index contributed by atoms with van der Waals surface area (Å²) in [5.74, 6) is -0.0417. The highest BCUT2D eigenvalue weighted by atomic mass is 19.1. The smallest absolute Gasteiger partial charge is 0.228 e. The fourth-order valence-electron chi connectivity index (χ4n) is 3.70. The zero-order chi connectivity index (χ0) is 17.9. The number of piperazine rings is 1. The predicted octanol–water partition coefficient (Wildman–Crippen LogP) is 2.04. The number of hydrogen-bond donors (Lipinski definition) is 0. The summed E-state index contributed by atoms with van der Waals surface area (Å²) in [6, 6.07) is 6.80. The van der Waals surface area contributed by atoms with Gasteiger partial charge in [0.05, 0.1) is 12.0 Å². The summed E-state index contributed by atoms with van der Waals surface area (Å²) < 4.78 is 19.7. The lowest BCUT2D eigenvalue weighted by atomic mass is 9.94. The molecule has 0 spiro atoms. The SMILES string of the molecule is O=C([C@H]1CCO[C@@H]1c1cccnc1)N1CCN(c2ncccc2F)CC1. The number of carbonyl (C=O) groups excluding carboxylic acids is 1. The number of halogens is 1. The van der Waals surface area contributed by atoms with Gasteiger partial charge in [-0.05, 0) is 30.2 Å². The molecule has 2 fully saturated rings. The third-order valence-electron chi connectivity index (χ3n) is 5.05. The van der Waals surface area contributed by atoms with Crippen molar-refractivity contribution in [2.24, 2.45) is 5.92 Å². The molecule has 1 amide bonds. The Hall–Kier alpha value is -2.54. The average molecular weight is 356 g/mol. The first-order valence-corrected chi connectivity index (χ1v) is 8.90. The lowest BCUT2D eigenvalue weighted by Gasteiger charge is -2.37. The van der Waals surface area contributed by atoms with Gasteiger partial charge in [-0.1, -0.05) is 6.07 Å². The second-order valence-electron chi connectivity index (χ2n) is 6.59. The van der Waals surface area contributed by atoms with E-state index in [1.807, 2.05) is 21.9 Å². The number of ether oxygens (including phenoxy) is 1. The maximum Gasteiger partial charge on any atom is 0.228 e. The molecule has 2 aromatic heterocycles. The van der Waals surface area contributed by atoms with Gasteiger partial charge in [0.2, 0.25) is 5.91 Å². The summed E-state index contributed by atoms with van der Waals surface area (Å²) in [5.41, 5.74) is 0.942. The van der Waals surface area contributed by atoms with Crippen molar-refractivity contribution in [2.75, 3.05) is 37.7 Å². The third-order valence-corrected chi connectivity index (χ3v) is 5.05. The molecule has 0 radical (unpaired) electrons. The molecule has 0 aliphatic carbocycles. The van der Waals surface area contributed by atoms with E-state index in [0.29, 0.717) is 45.0 Å². The molecule has 0 unspecified atom stereocenters. The molecular weight excluding hydrogens is 335 g/mol. The number of nitrogens with zero attached hydrogens (tertiary/aromatic N) is 4. The molecule has 2 aromatic rings. The van der Waals surface area contributed by atoms with Crippen LogP contribution in [0.15, 0.2) is 42.9 Å². The molecule has 136 valence electrons. The highest BCUT2D eigenvalue weighted by molar-refractivity contribution is 5.80. The van der Waals surface area contributed by atoms with Crippen molar-refractivity contribution in [3.8, 4) is 0 Å². The van der Waals surface area contributed by atoms with Crippen molar-refractivity contribution in [3.63, 3.8) is 0 Å². The van der Waals surface area contributed by atoms with Gasteiger partial charge in [0, 0.05) is 51.4 Å². The molecule has 26 heavy (non-hydrogen) atoms. The van der Waals surface area contributed by atoms with E-state index in [0.717, 1.165) is 5.56 Å². The molecule has 0 saturated carbocycles. The van der Waals surface area contributed by atoms with Crippen LogP contribution in [0.5, 0.6) is 0 Å². The lowest BCUT2D eigenvalue weighted by molar-refractivity contribution is -0.137. The molecule has 6 nitrogen and oxygen atoms in total. The van der Waals surface area contributed by atoms with Crippen molar-refractivity contribution in [1.29, 1.82) is 0 Å². The van der Waals surface area contributed by atoms with Gasteiger partial charge < -0.3 is 14.5 Å². The van der Waals surface area contributed by atoms with Crippen LogP contribution in [0.25, 0.3) is 0 Å². The van der Waals surface area contributed by atoms with Crippen LogP contribution in [-0.4, -0.2) is 53.6 Å². The van der Waals surface area contributed by atoms with E-state index >= 15 is 0 Å². The highest BCUT2D eigenvalue weighted by Gasteiger charge is 2.38. The first-order valence-electron chi connectivity index (χ1n) is 8.90. The lowest BCUT2D eigenvalue weighted by Crippen LogP contribution is -2.51.